The monoisotopic (exact) mass is 415 g/mol. The van der Waals surface area contributed by atoms with Crippen molar-refractivity contribution >= 4 is 50.3 Å². The summed E-state index contributed by atoms with van der Waals surface area (Å²) < 4.78 is 9.89. The predicted octanol–water partition coefficient (Wildman–Crippen LogP) is 2.89. The molecule has 1 rings (SSSR count). The molecule has 0 aliphatic carbocycles. The molecule has 0 fully saturated rings. The Kier molecular flexibility index (Phi) is 10.4. The van der Waals surface area contributed by atoms with Crippen molar-refractivity contribution in [3.8, 4) is 11.5 Å². The zero-order chi connectivity index (χ0) is 10.1. The van der Waals surface area contributed by atoms with Crippen molar-refractivity contribution < 1.29 is 9.47 Å². The molecule has 0 heterocycles. The Balaban J connectivity index is 0.000000424. The molecule has 0 N–H and O–H groups in total. The lowest BCUT2D eigenvalue weighted by Gasteiger charge is -2.01. The van der Waals surface area contributed by atoms with Crippen LogP contribution in [0.15, 0.2) is 18.2 Å². The second-order valence-corrected chi connectivity index (χ2v) is 15.4. The summed E-state index contributed by atoms with van der Waals surface area (Å²) >= 11 is 5.18. The highest BCUT2D eigenvalue weighted by Gasteiger charge is 1.92. The zero-order valence-electron chi connectivity index (χ0n) is 7.51. The lowest BCUT2D eigenvalue weighted by atomic mass is 10.3. The van der Waals surface area contributed by atoms with E-state index in [9.17, 15) is 0 Å². The van der Waals surface area contributed by atoms with Gasteiger partial charge in [0.05, 0.1) is 14.2 Å². The van der Waals surface area contributed by atoms with Crippen LogP contribution in [0.5, 0.6) is 11.5 Å². The third-order valence-electron chi connectivity index (χ3n) is 1.21. The van der Waals surface area contributed by atoms with Crippen LogP contribution in [0.25, 0.3) is 0 Å². The molecule has 5 heteroatoms. The number of methoxy groups -OCH3 is 2. The van der Waals surface area contributed by atoms with Gasteiger partial charge in [0.1, 0.15) is 11.5 Å². The number of ether oxygens (including phenoxy) is 2. The highest BCUT2D eigenvalue weighted by Crippen LogP contribution is 2.17. The minimum absolute atomic E-state index is 0.357. The lowest BCUT2D eigenvalue weighted by Crippen LogP contribution is -1.85. The normalized spacial score (nSPS) is 7.69. The van der Waals surface area contributed by atoms with Gasteiger partial charge in [-0.3, -0.25) is 37.7 Å². The molecule has 0 aliphatic heterocycles. The summed E-state index contributed by atoms with van der Waals surface area (Å²) in [6.07, 6.45) is 0. The van der Waals surface area contributed by atoms with E-state index in [1.807, 2.05) is 0 Å². The predicted molar refractivity (Wildman–Crippen MR) is 72.2 cm³/mol. The number of halogens is 2. The molecule has 0 saturated heterocycles. The standard InChI is InChI=1S/C8H9O2.2HI.Mg/c1-9-7-4-3-5-8(6-7)10-2;;;/h4-6H,1-2H3;2*1H;/q;;;+2/p-2. The molecular weight excluding hydrogens is 406 g/mol. The van der Waals surface area contributed by atoms with Crippen LogP contribution in [0, 0.1) is 6.07 Å². The summed E-state index contributed by atoms with van der Waals surface area (Å²) in [5.41, 5.74) is 0. The van der Waals surface area contributed by atoms with Crippen LogP contribution in [0.3, 0.4) is 0 Å². The Hall–Kier alpha value is 1.05. The van der Waals surface area contributed by atoms with Crippen molar-refractivity contribution in [3.05, 3.63) is 24.3 Å². The van der Waals surface area contributed by atoms with Crippen molar-refractivity contribution in [1.82, 2.24) is 0 Å². The maximum Gasteiger partial charge on any atom is 0.552 e. The summed E-state index contributed by atoms with van der Waals surface area (Å²) in [4.78, 5) is 0. The molecular formula is C8H9I2MgO2. The maximum atomic E-state index is 4.95. The molecule has 13 heavy (non-hydrogen) atoms. The SMILES string of the molecule is COc1c[c]cc(OC)c1.[I][Mg][I]. The summed E-state index contributed by atoms with van der Waals surface area (Å²) in [5.74, 6) is 1.53. The zero-order valence-corrected chi connectivity index (χ0v) is 13.2. The van der Waals surface area contributed by atoms with Gasteiger partial charge in [0.2, 0.25) is 0 Å². The van der Waals surface area contributed by atoms with Crippen LogP contribution in [-0.4, -0.2) is 26.8 Å². The van der Waals surface area contributed by atoms with Gasteiger partial charge >= 0.3 is 12.6 Å². The highest BCUT2D eigenvalue weighted by molar-refractivity contribution is 14.3. The van der Waals surface area contributed by atoms with Crippen LogP contribution in [0.4, 0.5) is 0 Å². The van der Waals surface area contributed by atoms with Gasteiger partial charge in [-0.15, -0.1) is 0 Å². The maximum absolute atomic E-state index is 4.95. The van der Waals surface area contributed by atoms with Crippen LogP contribution >= 0.6 is 37.7 Å². The summed E-state index contributed by atoms with van der Waals surface area (Å²) in [5, 5.41) is 0. The topological polar surface area (TPSA) is 18.5 Å². The first-order valence-electron chi connectivity index (χ1n) is 3.49. The molecule has 0 bridgehead atoms. The van der Waals surface area contributed by atoms with E-state index < -0.39 is 0 Å². The quantitative estimate of drug-likeness (QED) is 0.547. The third-order valence-corrected chi connectivity index (χ3v) is 1.21. The average Bonchev–Trinajstić information content (AvgIpc) is 2.19. The van der Waals surface area contributed by atoms with Gasteiger partial charge in [-0.1, -0.05) is 0 Å². The Morgan fingerprint density at radius 3 is 1.85 bits per heavy atom. The molecule has 0 amide bonds. The minimum Gasteiger partial charge on any atom is -0.497 e. The van der Waals surface area contributed by atoms with Gasteiger partial charge in [0.25, 0.3) is 0 Å². The first-order chi connectivity index (χ1) is 6.28. The van der Waals surface area contributed by atoms with Gasteiger partial charge in [-0.25, -0.2) is 0 Å². The van der Waals surface area contributed by atoms with Crippen molar-refractivity contribution in [2.75, 3.05) is 14.2 Å². The Labute approximate surface area is 108 Å². The molecule has 0 unspecified atom stereocenters. The van der Waals surface area contributed by atoms with Gasteiger partial charge in [0.15, 0.2) is 0 Å². The van der Waals surface area contributed by atoms with E-state index >= 15 is 0 Å². The summed E-state index contributed by atoms with van der Waals surface area (Å²) in [6.45, 7) is 0. The van der Waals surface area contributed by atoms with Crippen molar-refractivity contribution in [2.45, 2.75) is 0 Å². The molecule has 0 atom stereocenters. The second kappa shape index (κ2) is 9.60. The van der Waals surface area contributed by atoms with Crippen molar-refractivity contribution in [3.63, 3.8) is 0 Å². The molecule has 0 spiro atoms. The number of benzene rings is 1. The molecule has 2 nitrogen and oxygen atoms in total. The fourth-order valence-corrected chi connectivity index (χ4v) is 0.665. The van der Waals surface area contributed by atoms with Gasteiger partial charge in [0, 0.05) is 6.07 Å². The van der Waals surface area contributed by atoms with E-state index in [0.717, 1.165) is 11.5 Å². The van der Waals surface area contributed by atoms with E-state index in [-0.39, 0.29) is 0 Å². The number of rotatable bonds is 2. The Morgan fingerprint density at radius 1 is 1.15 bits per heavy atom. The van der Waals surface area contributed by atoms with E-state index in [2.05, 4.69) is 43.8 Å². The molecule has 0 aliphatic rings. The summed E-state index contributed by atoms with van der Waals surface area (Å²) in [7, 11) is 3.23. The Morgan fingerprint density at radius 2 is 1.54 bits per heavy atom. The van der Waals surface area contributed by atoms with Crippen LogP contribution in [0.1, 0.15) is 0 Å². The number of hydrogen-bond acceptors (Lipinski definition) is 2. The van der Waals surface area contributed by atoms with E-state index in [4.69, 9.17) is 9.47 Å². The van der Waals surface area contributed by atoms with E-state index in [0.29, 0.717) is 12.6 Å². The van der Waals surface area contributed by atoms with Crippen LogP contribution < -0.4 is 9.47 Å². The first kappa shape index (κ1) is 14.0. The van der Waals surface area contributed by atoms with Crippen LogP contribution in [-0.2, 0) is 0 Å². The highest BCUT2D eigenvalue weighted by atomic mass is 127. The minimum atomic E-state index is 0.357. The molecule has 0 aromatic heterocycles. The van der Waals surface area contributed by atoms with Gasteiger partial charge < -0.3 is 9.47 Å². The fourth-order valence-electron chi connectivity index (χ4n) is 0.665. The molecule has 1 aromatic rings. The van der Waals surface area contributed by atoms with Gasteiger partial charge in [-0.05, 0) is 18.2 Å². The molecule has 1 aromatic carbocycles. The first-order valence-corrected chi connectivity index (χ1v) is 13.7. The largest absolute Gasteiger partial charge is 0.552 e. The molecule has 69 valence electrons. The summed E-state index contributed by atoms with van der Waals surface area (Å²) in [6, 6.07) is 8.19. The average molecular weight is 415 g/mol. The van der Waals surface area contributed by atoms with Crippen LogP contribution in [0.2, 0.25) is 0 Å². The van der Waals surface area contributed by atoms with Gasteiger partial charge in [-0.2, -0.15) is 0 Å². The smallest absolute Gasteiger partial charge is 0.497 e. The van der Waals surface area contributed by atoms with Crippen molar-refractivity contribution in [2.24, 2.45) is 0 Å². The van der Waals surface area contributed by atoms with E-state index in [1.165, 1.54) is 0 Å². The lowest BCUT2D eigenvalue weighted by molar-refractivity contribution is 0.394. The number of hydrogen-bond donors (Lipinski definition) is 0. The molecule has 0 saturated carbocycles. The second-order valence-electron chi connectivity index (χ2n) is 1.91. The molecule has 1 radical (unpaired) electrons. The van der Waals surface area contributed by atoms with Crippen molar-refractivity contribution in [1.29, 1.82) is 0 Å². The third kappa shape index (κ3) is 7.03. The Bertz CT molecular complexity index is 214. The fraction of sp³-hybridized carbons (Fsp3) is 0.250. The van der Waals surface area contributed by atoms with E-state index in [1.54, 1.807) is 32.4 Å².